The molecule has 1 saturated carbocycles. The number of hydrogen-bond donors (Lipinski definition) is 0. The van der Waals surface area contributed by atoms with E-state index in [2.05, 4.69) is 0 Å². The van der Waals surface area contributed by atoms with Gasteiger partial charge in [-0.25, -0.2) is 13.2 Å². The van der Waals surface area contributed by atoms with Crippen molar-refractivity contribution in [3.05, 3.63) is 35.6 Å². The monoisotopic (exact) mass is 186 g/mol. The Balaban J connectivity index is 2.41. The molecule has 0 bridgehead atoms. The van der Waals surface area contributed by atoms with Crippen molar-refractivity contribution in [2.75, 3.05) is 0 Å². The number of hydrogen-bond acceptors (Lipinski definition) is 0. The Labute approximate surface area is 74.4 Å². The molecule has 1 fully saturated rings. The van der Waals surface area contributed by atoms with Gasteiger partial charge in [0.2, 0.25) is 6.43 Å². The molecular formula is C10H9F3. The molecule has 0 N–H and O–H groups in total. The Morgan fingerprint density at radius 1 is 1.15 bits per heavy atom. The quantitative estimate of drug-likeness (QED) is 0.665. The van der Waals surface area contributed by atoms with Crippen molar-refractivity contribution < 1.29 is 13.2 Å². The minimum Gasteiger partial charge on any atom is -0.210 e. The van der Waals surface area contributed by atoms with Gasteiger partial charge in [0.25, 0.3) is 0 Å². The molecule has 0 saturated heterocycles. The second kappa shape index (κ2) is 2.76. The van der Waals surface area contributed by atoms with Gasteiger partial charge in [-0.1, -0.05) is 18.2 Å². The molecule has 70 valence electrons. The van der Waals surface area contributed by atoms with Gasteiger partial charge in [-0.05, 0) is 24.5 Å². The fourth-order valence-electron chi connectivity index (χ4n) is 1.60. The van der Waals surface area contributed by atoms with E-state index in [0.29, 0.717) is 12.8 Å². The van der Waals surface area contributed by atoms with Crippen molar-refractivity contribution in [3.63, 3.8) is 0 Å². The van der Waals surface area contributed by atoms with Gasteiger partial charge >= 0.3 is 0 Å². The lowest BCUT2D eigenvalue weighted by Crippen LogP contribution is -2.18. The van der Waals surface area contributed by atoms with Crippen LogP contribution in [0.25, 0.3) is 0 Å². The van der Waals surface area contributed by atoms with Crippen molar-refractivity contribution in [2.24, 2.45) is 0 Å². The lowest BCUT2D eigenvalue weighted by atomic mass is 9.96. The van der Waals surface area contributed by atoms with Gasteiger partial charge in [0, 0.05) is 0 Å². The predicted molar refractivity (Wildman–Crippen MR) is 43.3 cm³/mol. The van der Waals surface area contributed by atoms with E-state index in [4.69, 9.17) is 0 Å². The first-order valence-electron chi connectivity index (χ1n) is 4.20. The van der Waals surface area contributed by atoms with Crippen LogP contribution in [-0.4, -0.2) is 6.43 Å². The van der Waals surface area contributed by atoms with Gasteiger partial charge in [0.1, 0.15) is 5.82 Å². The minimum absolute atomic E-state index is 0.171. The number of alkyl halides is 2. The Bertz CT molecular complexity index is 316. The van der Waals surface area contributed by atoms with Crippen molar-refractivity contribution >= 4 is 0 Å². The van der Waals surface area contributed by atoms with Crippen molar-refractivity contribution in [1.29, 1.82) is 0 Å². The zero-order valence-electron chi connectivity index (χ0n) is 6.93. The maximum Gasteiger partial charge on any atom is 0.248 e. The van der Waals surface area contributed by atoms with Gasteiger partial charge in [0.05, 0.1) is 5.41 Å². The van der Waals surface area contributed by atoms with Gasteiger partial charge in [-0.2, -0.15) is 0 Å². The maximum atomic E-state index is 13.2. The van der Waals surface area contributed by atoms with Crippen molar-refractivity contribution in [2.45, 2.75) is 24.7 Å². The summed E-state index contributed by atoms with van der Waals surface area (Å²) in [6.45, 7) is 0. The minimum atomic E-state index is -2.45. The van der Waals surface area contributed by atoms with Crippen LogP contribution in [0.4, 0.5) is 13.2 Å². The first kappa shape index (κ1) is 8.60. The zero-order chi connectivity index (χ0) is 9.47. The Morgan fingerprint density at radius 3 is 2.23 bits per heavy atom. The van der Waals surface area contributed by atoms with E-state index in [1.54, 1.807) is 6.07 Å². The maximum absolute atomic E-state index is 13.2. The van der Waals surface area contributed by atoms with E-state index in [0.717, 1.165) is 0 Å². The summed E-state index contributed by atoms with van der Waals surface area (Å²) in [7, 11) is 0. The van der Waals surface area contributed by atoms with Gasteiger partial charge in [-0.3, -0.25) is 0 Å². The number of rotatable bonds is 2. The van der Waals surface area contributed by atoms with E-state index in [-0.39, 0.29) is 5.56 Å². The summed E-state index contributed by atoms with van der Waals surface area (Å²) >= 11 is 0. The molecule has 0 atom stereocenters. The molecule has 1 aromatic carbocycles. The smallest absolute Gasteiger partial charge is 0.210 e. The molecule has 13 heavy (non-hydrogen) atoms. The molecule has 0 aromatic heterocycles. The highest BCUT2D eigenvalue weighted by Crippen LogP contribution is 2.53. The van der Waals surface area contributed by atoms with E-state index in [1.165, 1.54) is 18.2 Å². The molecule has 2 rings (SSSR count). The standard InChI is InChI=1S/C10H9F3/c11-8-4-2-1-3-7(8)10(5-6-10)9(12)13/h1-4,9H,5-6H2. The fourth-order valence-corrected chi connectivity index (χ4v) is 1.60. The predicted octanol–water partition coefficient (Wildman–Crippen LogP) is 3.12. The summed E-state index contributed by atoms with van der Waals surface area (Å²) in [6.07, 6.45) is -1.67. The average molecular weight is 186 g/mol. The summed E-state index contributed by atoms with van der Waals surface area (Å²) in [5.74, 6) is -0.514. The van der Waals surface area contributed by atoms with Gasteiger partial charge in [0.15, 0.2) is 0 Å². The van der Waals surface area contributed by atoms with Crippen LogP contribution in [0.1, 0.15) is 18.4 Å². The number of benzene rings is 1. The summed E-state index contributed by atoms with van der Waals surface area (Å²) in [6, 6.07) is 5.80. The van der Waals surface area contributed by atoms with E-state index in [9.17, 15) is 13.2 Å². The Hall–Kier alpha value is -0.990. The van der Waals surface area contributed by atoms with Crippen LogP contribution in [-0.2, 0) is 5.41 Å². The molecule has 1 aliphatic carbocycles. The van der Waals surface area contributed by atoms with Crippen molar-refractivity contribution in [3.8, 4) is 0 Å². The molecule has 0 aliphatic heterocycles. The van der Waals surface area contributed by atoms with Crippen LogP contribution in [0.15, 0.2) is 24.3 Å². The molecule has 0 radical (unpaired) electrons. The summed E-state index contributed by atoms with van der Waals surface area (Å²) in [4.78, 5) is 0. The van der Waals surface area contributed by atoms with E-state index in [1.807, 2.05) is 0 Å². The lowest BCUT2D eigenvalue weighted by Gasteiger charge is -2.14. The van der Waals surface area contributed by atoms with E-state index >= 15 is 0 Å². The van der Waals surface area contributed by atoms with Crippen LogP contribution >= 0.6 is 0 Å². The first-order chi connectivity index (χ1) is 6.17. The zero-order valence-corrected chi connectivity index (χ0v) is 6.93. The van der Waals surface area contributed by atoms with Crippen LogP contribution in [0, 0.1) is 5.82 Å². The first-order valence-corrected chi connectivity index (χ1v) is 4.20. The summed E-state index contributed by atoms with van der Waals surface area (Å²) in [5.41, 5.74) is -1.00. The Kier molecular flexibility index (Phi) is 1.82. The third kappa shape index (κ3) is 1.23. The van der Waals surface area contributed by atoms with Crippen LogP contribution in [0.3, 0.4) is 0 Å². The number of halogens is 3. The third-order valence-corrected chi connectivity index (χ3v) is 2.62. The molecule has 0 spiro atoms. The second-order valence-corrected chi connectivity index (χ2v) is 3.44. The molecule has 1 aliphatic rings. The highest BCUT2D eigenvalue weighted by molar-refractivity contribution is 5.33. The third-order valence-electron chi connectivity index (χ3n) is 2.62. The molecule has 3 heteroatoms. The lowest BCUT2D eigenvalue weighted by molar-refractivity contribution is 0.0999. The van der Waals surface area contributed by atoms with Gasteiger partial charge < -0.3 is 0 Å². The highest BCUT2D eigenvalue weighted by Gasteiger charge is 2.53. The molecule has 0 nitrogen and oxygen atoms in total. The normalized spacial score (nSPS) is 19.1. The van der Waals surface area contributed by atoms with E-state index < -0.39 is 17.7 Å². The average Bonchev–Trinajstić information content (AvgIpc) is 2.85. The Morgan fingerprint density at radius 2 is 1.77 bits per heavy atom. The molecular weight excluding hydrogens is 177 g/mol. The van der Waals surface area contributed by atoms with Crippen molar-refractivity contribution in [1.82, 2.24) is 0 Å². The SMILES string of the molecule is Fc1ccccc1C1(C(F)F)CC1. The van der Waals surface area contributed by atoms with Crippen LogP contribution in [0.5, 0.6) is 0 Å². The molecule has 0 amide bonds. The van der Waals surface area contributed by atoms with Gasteiger partial charge in [-0.15, -0.1) is 0 Å². The summed E-state index contributed by atoms with van der Waals surface area (Å²) < 4.78 is 38.3. The molecule has 0 unspecified atom stereocenters. The molecule has 1 aromatic rings. The molecule has 0 heterocycles. The van der Waals surface area contributed by atoms with Crippen LogP contribution in [0.2, 0.25) is 0 Å². The topological polar surface area (TPSA) is 0 Å². The second-order valence-electron chi connectivity index (χ2n) is 3.44. The highest BCUT2D eigenvalue weighted by atomic mass is 19.3. The fraction of sp³-hybridized carbons (Fsp3) is 0.400. The largest absolute Gasteiger partial charge is 0.248 e. The van der Waals surface area contributed by atoms with Crippen LogP contribution < -0.4 is 0 Å². The summed E-state index contributed by atoms with van der Waals surface area (Å²) in [5, 5.41) is 0.